The number of nitrogens with two attached hydrogens (primary N) is 1. The fraction of sp³-hybridized carbons (Fsp3) is 0.550. The summed E-state index contributed by atoms with van der Waals surface area (Å²) in [5.41, 5.74) is 4.97. The van der Waals surface area contributed by atoms with Crippen molar-refractivity contribution in [3.8, 4) is 0 Å². The van der Waals surface area contributed by atoms with Crippen molar-refractivity contribution in [2.45, 2.75) is 54.5 Å². The van der Waals surface area contributed by atoms with E-state index in [1.807, 2.05) is 0 Å². The second kappa shape index (κ2) is 7.79. The van der Waals surface area contributed by atoms with Crippen molar-refractivity contribution in [1.82, 2.24) is 14.5 Å². The van der Waals surface area contributed by atoms with E-state index in [1.54, 1.807) is 7.05 Å². The van der Waals surface area contributed by atoms with Crippen LogP contribution in [0.15, 0.2) is 32.9 Å². The minimum Gasteiger partial charge on any atom is -0.382 e. The zero-order chi connectivity index (χ0) is 21.5. The maximum Gasteiger partial charge on any atom is 0.434 e. The molecule has 0 aromatic carbocycles. The summed E-state index contributed by atoms with van der Waals surface area (Å²) in [5, 5.41) is 0. The molecule has 0 atom stereocenters. The number of halogens is 3. The van der Waals surface area contributed by atoms with Gasteiger partial charge < -0.3 is 10.6 Å². The van der Waals surface area contributed by atoms with Crippen LogP contribution in [0.1, 0.15) is 44.2 Å². The number of piperidine rings is 1. The molecule has 0 unspecified atom stereocenters. The van der Waals surface area contributed by atoms with Gasteiger partial charge in [0.25, 0.3) is 5.56 Å². The average molecular weight is 440 g/mol. The molecule has 2 aliphatic rings. The van der Waals surface area contributed by atoms with Crippen molar-refractivity contribution >= 4 is 23.5 Å². The Morgan fingerprint density at radius 3 is 2.47 bits per heavy atom. The van der Waals surface area contributed by atoms with E-state index in [0.29, 0.717) is 23.1 Å². The Kier molecular flexibility index (Phi) is 5.46. The predicted molar refractivity (Wildman–Crippen MR) is 110 cm³/mol. The molecule has 3 heterocycles. The average Bonchev–Trinajstić information content (AvgIpc) is 3.16. The number of pyridine rings is 1. The summed E-state index contributed by atoms with van der Waals surface area (Å²) in [6.45, 7) is 1.60. The third-order valence-corrected chi connectivity index (χ3v) is 7.41. The van der Waals surface area contributed by atoms with E-state index in [1.165, 1.54) is 42.4 Å². The quantitative estimate of drug-likeness (QED) is 0.776. The van der Waals surface area contributed by atoms with Crippen molar-refractivity contribution < 1.29 is 13.2 Å². The Morgan fingerprint density at radius 2 is 1.83 bits per heavy atom. The van der Waals surface area contributed by atoms with Crippen LogP contribution < -0.4 is 16.2 Å². The Bertz CT molecular complexity index is 991. The SMILES string of the molecule is Cn1c(N2CCC3(CCCC3)CC2)nc(N)c(Sc2cccnc2C(F)(F)F)c1=O. The van der Waals surface area contributed by atoms with Crippen molar-refractivity contribution in [3.05, 3.63) is 34.4 Å². The van der Waals surface area contributed by atoms with Crippen LogP contribution in [0.2, 0.25) is 0 Å². The Hall–Kier alpha value is -2.23. The molecular weight excluding hydrogens is 415 g/mol. The number of anilines is 2. The van der Waals surface area contributed by atoms with Crippen LogP contribution in [0.25, 0.3) is 0 Å². The summed E-state index contributed by atoms with van der Waals surface area (Å²) >= 11 is 0.657. The number of hydrogen-bond acceptors (Lipinski definition) is 6. The molecule has 1 spiro atoms. The molecular formula is C20H24F3N5OS. The summed E-state index contributed by atoms with van der Waals surface area (Å²) in [4.78, 5) is 22.7. The van der Waals surface area contributed by atoms with Crippen LogP contribution in [0.5, 0.6) is 0 Å². The van der Waals surface area contributed by atoms with Gasteiger partial charge in [-0.15, -0.1) is 0 Å². The minimum atomic E-state index is -4.62. The molecule has 162 valence electrons. The summed E-state index contributed by atoms with van der Waals surface area (Å²) in [6.07, 6.45) is 3.65. The van der Waals surface area contributed by atoms with Crippen LogP contribution >= 0.6 is 11.8 Å². The maximum atomic E-state index is 13.3. The van der Waals surface area contributed by atoms with Gasteiger partial charge in [0.05, 0.1) is 0 Å². The van der Waals surface area contributed by atoms with Gasteiger partial charge in [0, 0.05) is 31.2 Å². The Morgan fingerprint density at radius 1 is 1.17 bits per heavy atom. The van der Waals surface area contributed by atoms with E-state index in [-0.39, 0.29) is 15.6 Å². The lowest BCUT2D eigenvalue weighted by Crippen LogP contribution is -2.42. The highest BCUT2D eigenvalue weighted by atomic mass is 32.2. The first-order valence-electron chi connectivity index (χ1n) is 10.0. The molecule has 2 N–H and O–H groups in total. The fourth-order valence-corrected chi connectivity index (χ4v) is 5.57. The van der Waals surface area contributed by atoms with Crippen LogP contribution in [-0.2, 0) is 13.2 Å². The largest absolute Gasteiger partial charge is 0.434 e. The highest BCUT2D eigenvalue weighted by Gasteiger charge is 2.38. The molecule has 1 saturated heterocycles. The van der Waals surface area contributed by atoms with Gasteiger partial charge in [0.15, 0.2) is 5.69 Å². The highest BCUT2D eigenvalue weighted by molar-refractivity contribution is 7.99. The fourth-order valence-electron chi connectivity index (χ4n) is 4.57. The number of alkyl halides is 3. The van der Waals surface area contributed by atoms with Crippen LogP contribution in [0, 0.1) is 5.41 Å². The summed E-state index contributed by atoms with van der Waals surface area (Å²) in [6, 6.07) is 2.67. The van der Waals surface area contributed by atoms with Gasteiger partial charge >= 0.3 is 6.18 Å². The summed E-state index contributed by atoms with van der Waals surface area (Å²) in [5.74, 6) is 0.410. The van der Waals surface area contributed by atoms with Gasteiger partial charge in [0.1, 0.15) is 10.7 Å². The monoisotopic (exact) mass is 439 g/mol. The van der Waals surface area contributed by atoms with E-state index >= 15 is 0 Å². The van der Waals surface area contributed by atoms with Gasteiger partial charge in [-0.3, -0.25) is 14.3 Å². The van der Waals surface area contributed by atoms with Crippen LogP contribution in [-0.4, -0.2) is 27.6 Å². The summed E-state index contributed by atoms with van der Waals surface area (Å²) in [7, 11) is 1.59. The lowest BCUT2D eigenvalue weighted by Gasteiger charge is -2.40. The van der Waals surface area contributed by atoms with Gasteiger partial charge in [0.2, 0.25) is 5.95 Å². The van der Waals surface area contributed by atoms with Crippen LogP contribution in [0.3, 0.4) is 0 Å². The van der Waals surface area contributed by atoms with E-state index < -0.39 is 17.4 Å². The highest BCUT2D eigenvalue weighted by Crippen LogP contribution is 2.46. The molecule has 0 bridgehead atoms. The number of hydrogen-bond donors (Lipinski definition) is 1. The van der Waals surface area contributed by atoms with Crippen molar-refractivity contribution in [3.63, 3.8) is 0 Å². The predicted octanol–water partition coefficient (Wildman–Crippen LogP) is 4.09. The van der Waals surface area contributed by atoms with Crippen molar-refractivity contribution in [1.29, 1.82) is 0 Å². The lowest BCUT2D eigenvalue weighted by molar-refractivity contribution is -0.143. The Labute approximate surface area is 176 Å². The topological polar surface area (TPSA) is 77.0 Å². The molecule has 0 radical (unpaired) electrons. The first-order valence-corrected chi connectivity index (χ1v) is 10.8. The molecule has 1 aliphatic carbocycles. The normalized spacial score (nSPS) is 18.9. The molecule has 2 fully saturated rings. The molecule has 4 rings (SSSR count). The molecule has 10 heteroatoms. The summed E-state index contributed by atoms with van der Waals surface area (Å²) < 4.78 is 41.1. The third-order valence-electron chi connectivity index (χ3n) is 6.27. The lowest BCUT2D eigenvalue weighted by atomic mass is 9.77. The molecule has 2 aromatic heterocycles. The second-order valence-electron chi connectivity index (χ2n) is 8.13. The van der Waals surface area contributed by atoms with E-state index in [0.717, 1.165) is 32.1 Å². The maximum absolute atomic E-state index is 13.3. The third kappa shape index (κ3) is 3.89. The van der Waals surface area contributed by atoms with E-state index in [9.17, 15) is 18.0 Å². The van der Waals surface area contributed by atoms with Crippen molar-refractivity contribution in [2.24, 2.45) is 12.5 Å². The molecule has 2 aromatic rings. The second-order valence-corrected chi connectivity index (χ2v) is 9.19. The first kappa shape index (κ1) is 21.0. The van der Waals surface area contributed by atoms with Crippen LogP contribution in [0.4, 0.5) is 24.9 Å². The van der Waals surface area contributed by atoms with E-state index in [4.69, 9.17) is 5.73 Å². The van der Waals surface area contributed by atoms with Gasteiger partial charge in [-0.25, -0.2) is 0 Å². The number of nitrogen functional groups attached to an aromatic ring is 1. The Balaban J connectivity index is 1.61. The van der Waals surface area contributed by atoms with Gasteiger partial charge in [-0.2, -0.15) is 18.2 Å². The van der Waals surface area contributed by atoms with Gasteiger partial charge in [-0.05, 0) is 43.2 Å². The molecule has 1 saturated carbocycles. The minimum absolute atomic E-state index is 0.0241. The number of aromatic nitrogens is 3. The zero-order valence-electron chi connectivity index (χ0n) is 16.7. The molecule has 0 amide bonds. The van der Waals surface area contributed by atoms with Gasteiger partial charge in [-0.1, -0.05) is 24.6 Å². The smallest absolute Gasteiger partial charge is 0.382 e. The standard InChI is InChI=1S/C20H24F3N5OS/c1-27-17(29)14(30-13-5-4-10-25-15(13)20(21,22)23)16(24)26-18(27)28-11-8-19(9-12-28)6-2-3-7-19/h4-5,10H,2-3,6-9,11-12,24H2,1H3. The molecule has 30 heavy (non-hydrogen) atoms. The molecule has 1 aliphatic heterocycles. The number of rotatable bonds is 3. The number of nitrogens with zero attached hydrogens (tertiary/aromatic N) is 4. The van der Waals surface area contributed by atoms with Crippen molar-refractivity contribution in [2.75, 3.05) is 23.7 Å². The zero-order valence-corrected chi connectivity index (χ0v) is 17.5. The molecule has 6 nitrogen and oxygen atoms in total. The first-order chi connectivity index (χ1) is 14.2. The van der Waals surface area contributed by atoms with E-state index in [2.05, 4.69) is 14.9 Å².